The quantitative estimate of drug-likeness (QED) is 0.0606. The summed E-state index contributed by atoms with van der Waals surface area (Å²) in [5, 5.41) is 39.9. The van der Waals surface area contributed by atoms with Crippen molar-refractivity contribution >= 4 is 29.5 Å². The molecule has 0 radical (unpaired) electrons. The first-order valence-electron chi connectivity index (χ1n) is 17.4. The topological polar surface area (TPSA) is 316 Å². The normalized spacial score (nSPS) is 30.8. The van der Waals surface area contributed by atoms with Crippen LogP contribution in [0.3, 0.4) is 0 Å². The standard InChI is InChI=1S/C32H44N4O18/c1-30-9-7-19(37)12-18(30)5-6-21-22-8-10-32(31(22,2)14-24(38)28(21)30,53-26(40)4-3-11-51-34(43)44)25(39)17-49-27(41)13-23(33)29(42)50-15-20(54-36(47)48)16-52-35(45)46/h12,20-24,28,38H,3-11,13-17,33H2,1-2H3/t20?,21?,22?,23?,24-,28+,30-,31-,32-/m0/s1. The monoisotopic (exact) mass is 772 g/mol. The Morgan fingerprint density at radius 2 is 1.67 bits per heavy atom. The molecule has 3 fully saturated rings. The van der Waals surface area contributed by atoms with Gasteiger partial charge in [0.1, 0.15) is 19.3 Å². The summed E-state index contributed by atoms with van der Waals surface area (Å²) in [6.07, 6.45) is 0.390. The zero-order valence-corrected chi connectivity index (χ0v) is 29.7. The van der Waals surface area contributed by atoms with Crippen molar-refractivity contribution in [1.29, 1.82) is 0 Å². The van der Waals surface area contributed by atoms with Gasteiger partial charge in [0.25, 0.3) is 15.3 Å². The average molecular weight is 773 g/mol. The first-order valence-corrected chi connectivity index (χ1v) is 17.4. The molecule has 3 saturated carbocycles. The van der Waals surface area contributed by atoms with Gasteiger partial charge in [-0.05, 0) is 74.2 Å². The van der Waals surface area contributed by atoms with Crippen molar-refractivity contribution in [3.05, 3.63) is 42.0 Å². The first kappa shape index (κ1) is 41.8. The van der Waals surface area contributed by atoms with Crippen LogP contribution in [0.5, 0.6) is 0 Å². The largest absolute Gasteiger partial charge is 0.462 e. The fourth-order valence-corrected chi connectivity index (χ4v) is 9.20. The Balaban J connectivity index is 1.47. The predicted molar refractivity (Wildman–Crippen MR) is 173 cm³/mol. The van der Waals surface area contributed by atoms with Gasteiger partial charge in [0.2, 0.25) is 5.78 Å². The number of carbonyl (C=O) groups is 5. The fraction of sp³-hybridized carbons (Fsp3) is 0.781. The fourth-order valence-electron chi connectivity index (χ4n) is 9.20. The van der Waals surface area contributed by atoms with E-state index in [1.54, 1.807) is 13.0 Å². The number of nitrogens with zero attached hydrogens (tertiary/aromatic N) is 3. The molecule has 0 aromatic carbocycles. The maximum atomic E-state index is 14.2. The Kier molecular flexibility index (Phi) is 13.1. The molecule has 4 unspecified atom stereocenters. The smallest absolute Gasteiger partial charge is 0.323 e. The number of aliphatic hydroxyl groups excluding tert-OH is 1. The van der Waals surface area contributed by atoms with Crippen molar-refractivity contribution in [2.24, 2.45) is 34.3 Å². The van der Waals surface area contributed by atoms with Crippen LogP contribution in [0.25, 0.3) is 0 Å². The van der Waals surface area contributed by atoms with E-state index in [4.69, 9.17) is 19.9 Å². The van der Waals surface area contributed by atoms with Gasteiger partial charge in [-0.2, -0.15) is 0 Å². The Morgan fingerprint density at radius 1 is 0.963 bits per heavy atom. The van der Waals surface area contributed by atoms with E-state index in [2.05, 4.69) is 21.4 Å². The average Bonchev–Trinajstić information content (AvgIpc) is 3.38. The van der Waals surface area contributed by atoms with Crippen LogP contribution < -0.4 is 5.73 Å². The zero-order valence-electron chi connectivity index (χ0n) is 29.7. The van der Waals surface area contributed by atoms with E-state index in [1.807, 2.05) is 0 Å². The molecule has 0 aromatic heterocycles. The van der Waals surface area contributed by atoms with E-state index in [1.165, 1.54) is 0 Å². The SMILES string of the molecule is C[C@]12CCC(=O)C=C1CCC1C3CC[C@](OC(=O)CCCO[N+](=O)[O-])(C(=O)COC(=O)CC(N)C(=O)OCC(CO[N+](=O)[O-])O[N+](=O)[O-])[C@@]3(C)C[C@H](O)[C@@H]12. The highest BCUT2D eigenvalue weighted by Gasteiger charge is 2.70. The molecule has 0 saturated heterocycles. The molecule has 0 amide bonds. The van der Waals surface area contributed by atoms with E-state index in [0.717, 1.165) is 5.57 Å². The van der Waals surface area contributed by atoms with Gasteiger partial charge in [0.15, 0.2) is 24.1 Å². The van der Waals surface area contributed by atoms with E-state index in [9.17, 15) is 59.4 Å². The summed E-state index contributed by atoms with van der Waals surface area (Å²) in [4.78, 5) is 109. The van der Waals surface area contributed by atoms with Gasteiger partial charge in [-0.1, -0.05) is 19.4 Å². The zero-order chi connectivity index (χ0) is 40.0. The molecule has 0 heterocycles. The summed E-state index contributed by atoms with van der Waals surface area (Å²) in [5.74, 6) is -4.59. The summed E-state index contributed by atoms with van der Waals surface area (Å²) in [5.41, 5.74) is 3.25. The van der Waals surface area contributed by atoms with Gasteiger partial charge in [0.05, 0.1) is 19.1 Å². The van der Waals surface area contributed by atoms with Gasteiger partial charge in [0, 0.05) is 18.3 Å². The summed E-state index contributed by atoms with van der Waals surface area (Å²) >= 11 is 0. The number of esters is 3. The Labute approximate surface area is 307 Å². The molecule has 4 aliphatic rings. The molecule has 0 aromatic rings. The molecular formula is C32H44N4O18. The third-order valence-electron chi connectivity index (χ3n) is 11.5. The van der Waals surface area contributed by atoms with Gasteiger partial charge in [-0.15, -0.1) is 30.3 Å². The number of carbonyl (C=O) groups excluding carboxylic acids is 5. The highest BCUT2D eigenvalue weighted by atomic mass is 17.0. The number of ketones is 2. The van der Waals surface area contributed by atoms with Crippen LogP contribution in [0.2, 0.25) is 0 Å². The van der Waals surface area contributed by atoms with Crippen molar-refractivity contribution in [1.82, 2.24) is 0 Å². The molecule has 3 N–H and O–H groups in total. The number of hydrogen-bond acceptors (Lipinski definition) is 19. The molecule has 22 nitrogen and oxygen atoms in total. The molecule has 300 valence electrons. The van der Waals surface area contributed by atoms with E-state index in [0.29, 0.717) is 32.1 Å². The second-order valence-corrected chi connectivity index (χ2v) is 14.6. The summed E-state index contributed by atoms with van der Waals surface area (Å²) in [6.45, 7) is 0.619. The second kappa shape index (κ2) is 17.0. The lowest BCUT2D eigenvalue weighted by Gasteiger charge is -2.60. The lowest BCUT2D eigenvalue weighted by molar-refractivity contribution is -0.790. The van der Waals surface area contributed by atoms with E-state index < -0.39 is 106 Å². The number of fused-ring (bicyclic) bond motifs is 5. The Bertz CT molecular complexity index is 1550. The third-order valence-corrected chi connectivity index (χ3v) is 11.5. The molecule has 0 spiro atoms. The number of rotatable bonds is 19. The summed E-state index contributed by atoms with van der Waals surface area (Å²) in [6, 6.07) is -1.70. The molecule has 4 rings (SSSR count). The molecule has 9 atom stereocenters. The maximum absolute atomic E-state index is 14.2. The van der Waals surface area contributed by atoms with Crippen LogP contribution in [0.15, 0.2) is 11.6 Å². The van der Waals surface area contributed by atoms with Crippen LogP contribution in [0.4, 0.5) is 0 Å². The van der Waals surface area contributed by atoms with Crippen molar-refractivity contribution in [2.75, 3.05) is 26.4 Å². The predicted octanol–water partition coefficient (Wildman–Crippen LogP) is 0.918. The van der Waals surface area contributed by atoms with Crippen molar-refractivity contribution < 1.29 is 73.1 Å². The highest BCUT2D eigenvalue weighted by Crippen LogP contribution is 2.68. The first-order chi connectivity index (χ1) is 25.3. The minimum atomic E-state index is -1.89. The summed E-state index contributed by atoms with van der Waals surface area (Å²) < 4.78 is 16.0. The number of allylic oxidation sites excluding steroid dienone is 1. The van der Waals surface area contributed by atoms with Gasteiger partial charge < -0.3 is 39.6 Å². The second-order valence-electron chi connectivity index (χ2n) is 14.6. The van der Waals surface area contributed by atoms with Crippen molar-refractivity contribution in [2.45, 2.75) is 102 Å². The maximum Gasteiger partial charge on any atom is 0.323 e. The molecule has 4 aliphatic carbocycles. The summed E-state index contributed by atoms with van der Waals surface area (Å²) in [7, 11) is 0. The van der Waals surface area contributed by atoms with Gasteiger partial charge in [-0.25, -0.2) is 0 Å². The van der Waals surface area contributed by atoms with Crippen LogP contribution >= 0.6 is 0 Å². The van der Waals surface area contributed by atoms with Crippen molar-refractivity contribution in [3.8, 4) is 0 Å². The third kappa shape index (κ3) is 9.02. The lowest BCUT2D eigenvalue weighted by atomic mass is 9.45. The molecule has 0 aliphatic heterocycles. The molecule has 54 heavy (non-hydrogen) atoms. The van der Waals surface area contributed by atoms with Crippen LogP contribution in [0.1, 0.15) is 78.1 Å². The minimum absolute atomic E-state index is 0.0227. The number of Topliss-reactive ketones (excluding diaryl/α,β-unsaturated/α-hetero) is 1. The van der Waals surface area contributed by atoms with Gasteiger partial charge in [-0.3, -0.25) is 24.0 Å². The Morgan fingerprint density at radius 3 is 2.33 bits per heavy atom. The molecular weight excluding hydrogens is 728 g/mol. The Hall–Kier alpha value is -4.99. The van der Waals surface area contributed by atoms with Crippen LogP contribution in [0, 0.1) is 58.9 Å². The molecule has 22 heteroatoms. The number of aliphatic hydroxyl groups is 1. The van der Waals surface area contributed by atoms with Crippen molar-refractivity contribution in [3.63, 3.8) is 0 Å². The van der Waals surface area contributed by atoms with E-state index in [-0.39, 0.29) is 49.2 Å². The highest BCUT2D eigenvalue weighted by molar-refractivity contribution is 5.94. The van der Waals surface area contributed by atoms with Crippen LogP contribution in [-0.4, -0.2) is 100 Å². The number of hydrogen-bond donors (Lipinski definition) is 2. The minimum Gasteiger partial charge on any atom is -0.462 e. The number of ether oxygens (including phenoxy) is 3. The lowest BCUT2D eigenvalue weighted by Crippen LogP contribution is -2.63. The number of nitrogens with two attached hydrogens (primary N) is 1. The van der Waals surface area contributed by atoms with Crippen LogP contribution in [-0.2, 0) is 52.7 Å². The molecule has 0 bridgehead atoms. The van der Waals surface area contributed by atoms with Gasteiger partial charge >= 0.3 is 17.9 Å². The van der Waals surface area contributed by atoms with E-state index >= 15 is 0 Å².